The Hall–Kier alpha value is -3.27. The van der Waals surface area contributed by atoms with E-state index in [-0.39, 0.29) is 0 Å². The summed E-state index contributed by atoms with van der Waals surface area (Å²) in [6, 6.07) is 10.2. The lowest BCUT2D eigenvalue weighted by Gasteiger charge is -2.26. The van der Waals surface area contributed by atoms with Gasteiger partial charge >= 0.3 is 0 Å². The summed E-state index contributed by atoms with van der Waals surface area (Å²) in [5.41, 5.74) is 4.39. The second-order valence-corrected chi connectivity index (χ2v) is 11.0. The molecule has 0 unspecified atom stereocenters. The van der Waals surface area contributed by atoms with Crippen LogP contribution in [0.1, 0.15) is 31.0 Å². The fourth-order valence-electron chi connectivity index (χ4n) is 5.17. The number of anilines is 1. The average Bonchev–Trinajstić information content (AvgIpc) is 3.73. The van der Waals surface area contributed by atoms with E-state index in [9.17, 15) is 0 Å². The number of imidazole rings is 1. The Bertz CT molecular complexity index is 1450. The molecule has 0 bridgehead atoms. The third-order valence-electron chi connectivity index (χ3n) is 7.59. The molecular weight excluding hydrogens is 512 g/mol. The molecule has 10 heteroatoms. The zero-order chi connectivity index (χ0) is 26.8. The third kappa shape index (κ3) is 6.00. The summed E-state index contributed by atoms with van der Waals surface area (Å²) in [6.45, 7) is 10.5. The second-order valence-electron chi connectivity index (χ2n) is 10.6. The average molecular weight is 547 g/mol. The summed E-state index contributed by atoms with van der Waals surface area (Å²) in [5, 5.41) is 7.54. The largest absolute Gasteiger partial charge is 0.492 e. The van der Waals surface area contributed by atoms with Gasteiger partial charge in [-0.2, -0.15) is 0 Å². The van der Waals surface area contributed by atoms with Crippen molar-refractivity contribution in [3.63, 3.8) is 0 Å². The van der Waals surface area contributed by atoms with Crippen molar-refractivity contribution in [3.05, 3.63) is 59.1 Å². The zero-order valence-corrected chi connectivity index (χ0v) is 23.3. The number of nitrogens with one attached hydrogen (secondary N) is 2. The van der Waals surface area contributed by atoms with E-state index >= 15 is 0 Å². The van der Waals surface area contributed by atoms with Crippen molar-refractivity contribution in [1.29, 1.82) is 0 Å². The van der Waals surface area contributed by atoms with E-state index in [1.165, 1.54) is 12.8 Å². The predicted molar refractivity (Wildman–Crippen MR) is 154 cm³/mol. The lowest BCUT2D eigenvalue weighted by Crippen LogP contribution is -2.44. The van der Waals surface area contributed by atoms with Crippen LogP contribution in [-0.4, -0.2) is 74.8 Å². The van der Waals surface area contributed by atoms with Crippen LogP contribution in [0.4, 0.5) is 5.82 Å². The maximum atomic E-state index is 6.87. The molecule has 9 nitrogen and oxygen atoms in total. The van der Waals surface area contributed by atoms with E-state index in [0.29, 0.717) is 30.1 Å². The van der Waals surface area contributed by atoms with Crippen LogP contribution in [0.3, 0.4) is 0 Å². The van der Waals surface area contributed by atoms with Crippen molar-refractivity contribution >= 4 is 28.6 Å². The number of fused-ring (bicyclic) bond motifs is 1. The molecule has 39 heavy (non-hydrogen) atoms. The van der Waals surface area contributed by atoms with Crippen LogP contribution < -0.4 is 15.4 Å². The minimum Gasteiger partial charge on any atom is -0.492 e. The number of pyridine rings is 1. The number of halogens is 1. The summed E-state index contributed by atoms with van der Waals surface area (Å²) in [6.07, 6.45) is 5.94. The molecule has 1 aromatic carbocycles. The number of hydrogen-bond donors (Lipinski definition) is 2. The Morgan fingerprint density at radius 1 is 1.13 bits per heavy atom. The summed E-state index contributed by atoms with van der Waals surface area (Å²) in [4.78, 5) is 21.3. The van der Waals surface area contributed by atoms with Gasteiger partial charge in [-0.1, -0.05) is 11.6 Å². The van der Waals surface area contributed by atoms with Crippen molar-refractivity contribution in [1.82, 2.24) is 34.7 Å². The Morgan fingerprint density at radius 3 is 2.74 bits per heavy atom. The first-order valence-corrected chi connectivity index (χ1v) is 14.2. The maximum absolute atomic E-state index is 6.87. The third-order valence-corrected chi connectivity index (χ3v) is 7.90. The molecule has 0 spiro atoms. The SMILES string of the molecule is Cc1ccnc(Cn2c(-c3ccc(OCCN4CCNCC4)cc3Cl)nc3c(N[C@H](C)C4CC4)ncnc32)c1. The van der Waals surface area contributed by atoms with Crippen LogP contribution in [0.2, 0.25) is 5.02 Å². The second kappa shape index (κ2) is 11.5. The Labute approximate surface area is 234 Å². The molecule has 2 fully saturated rings. The van der Waals surface area contributed by atoms with Gasteiger partial charge in [-0.15, -0.1) is 0 Å². The van der Waals surface area contributed by atoms with Gasteiger partial charge in [0, 0.05) is 50.5 Å². The van der Waals surface area contributed by atoms with E-state index in [4.69, 9.17) is 21.3 Å². The van der Waals surface area contributed by atoms with E-state index in [1.807, 2.05) is 30.5 Å². The van der Waals surface area contributed by atoms with Gasteiger partial charge in [-0.05, 0) is 68.5 Å². The number of piperazine rings is 1. The van der Waals surface area contributed by atoms with Crippen LogP contribution in [0.15, 0.2) is 42.9 Å². The zero-order valence-electron chi connectivity index (χ0n) is 22.5. The van der Waals surface area contributed by atoms with Gasteiger partial charge in [0.15, 0.2) is 17.0 Å². The van der Waals surface area contributed by atoms with E-state index in [1.54, 1.807) is 6.33 Å². The lowest BCUT2D eigenvalue weighted by atomic mass is 10.2. The Balaban J connectivity index is 1.31. The number of nitrogens with zero attached hydrogens (tertiary/aromatic N) is 6. The van der Waals surface area contributed by atoms with Gasteiger partial charge in [-0.3, -0.25) is 9.88 Å². The molecule has 1 atom stereocenters. The molecule has 1 saturated heterocycles. The summed E-state index contributed by atoms with van der Waals surface area (Å²) in [5.74, 6) is 2.91. The van der Waals surface area contributed by atoms with Crippen LogP contribution in [0.25, 0.3) is 22.6 Å². The van der Waals surface area contributed by atoms with E-state index in [0.717, 1.165) is 78.1 Å². The molecule has 2 aliphatic rings. The minimum absolute atomic E-state index is 0.330. The molecule has 2 N–H and O–H groups in total. The Kier molecular flexibility index (Phi) is 7.63. The fourth-order valence-corrected chi connectivity index (χ4v) is 5.42. The predicted octanol–water partition coefficient (Wildman–Crippen LogP) is 4.39. The number of ether oxygens (including phenoxy) is 1. The molecule has 4 heterocycles. The molecule has 3 aromatic heterocycles. The molecule has 1 saturated carbocycles. The van der Waals surface area contributed by atoms with Gasteiger partial charge in [0.25, 0.3) is 0 Å². The lowest BCUT2D eigenvalue weighted by molar-refractivity contribution is 0.191. The first kappa shape index (κ1) is 26.0. The van der Waals surface area contributed by atoms with Gasteiger partial charge < -0.3 is 19.9 Å². The van der Waals surface area contributed by atoms with Crippen LogP contribution in [0, 0.1) is 12.8 Å². The molecule has 1 aliphatic heterocycles. The Morgan fingerprint density at radius 2 is 1.97 bits per heavy atom. The van der Waals surface area contributed by atoms with E-state index < -0.39 is 0 Å². The highest BCUT2D eigenvalue weighted by Crippen LogP contribution is 2.36. The summed E-state index contributed by atoms with van der Waals surface area (Å²) in [7, 11) is 0. The highest BCUT2D eigenvalue weighted by Gasteiger charge is 2.29. The van der Waals surface area contributed by atoms with Crippen LogP contribution in [-0.2, 0) is 6.54 Å². The first-order chi connectivity index (χ1) is 19.0. The normalized spacial score (nSPS) is 16.9. The number of hydrogen-bond acceptors (Lipinski definition) is 8. The van der Waals surface area contributed by atoms with Crippen molar-refractivity contribution in [3.8, 4) is 17.1 Å². The molecule has 0 radical (unpaired) electrons. The summed E-state index contributed by atoms with van der Waals surface area (Å²) >= 11 is 6.87. The summed E-state index contributed by atoms with van der Waals surface area (Å²) < 4.78 is 8.13. The van der Waals surface area contributed by atoms with E-state index in [2.05, 4.69) is 55.0 Å². The van der Waals surface area contributed by atoms with Gasteiger partial charge in [-0.25, -0.2) is 15.0 Å². The molecule has 6 rings (SSSR count). The molecule has 1 aliphatic carbocycles. The number of rotatable bonds is 10. The number of aromatic nitrogens is 5. The smallest absolute Gasteiger partial charge is 0.166 e. The monoisotopic (exact) mass is 546 g/mol. The van der Waals surface area contributed by atoms with Crippen LogP contribution in [0.5, 0.6) is 5.75 Å². The van der Waals surface area contributed by atoms with Gasteiger partial charge in [0.2, 0.25) is 0 Å². The quantitative estimate of drug-likeness (QED) is 0.302. The fraction of sp³-hybridized carbons (Fsp3) is 0.448. The molecule has 0 amide bonds. The van der Waals surface area contributed by atoms with Crippen molar-refractivity contribution in [2.45, 2.75) is 39.3 Å². The standard InChI is InChI=1S/C29H35ClN8O/c1-19-7-8-32-22(15-19)17-38-28(36-26-27(33-18-34-29(26)38)35-20(2)21-3-4-21)24-6-5-23(16-25(24)30)39-14-13-37-11-9-31-10-12-37/h5-8,15-16,18,20-21,31H,3-4,9-14,17H2,1-2H3,(H,33,34,35)/t20-/m1/s1. The van der Waals surface area contributed by atoms with Crippen molar-refractivity contribution < 1.29 is 4.74 Å². The molecular formula is C29H35ClN8O. The number of aryl methyl sites for hydroxylation is 1. The highest BCUT2D eigenvalue weighted by atomic mass is 35.5. The molecule has 4 aromatic rings. The van der Waals surface area contributed by atoms with Crippen molar-refractivity contribution in [2.75, 3.05) is 44.6 Å². The van der Waals surface area contributed by atoms with Gasteiger partial charge in [0.1, 0.15) is 24.5 Å². The maximum Gasteiger partial charge on any atom is 0.166 e. The highest BCUT2D eigenvalue weighted by molar-refractivity contribution is 6.33. The minimum atomic E-state index is 0.330. The molecule has 204 valence electrons. The van der Waals surface area contributed by atoms with Gasteiger partial charge in [0.05, 0.1) is 17.3 Å². The van der Waals surface area contributed by atoms with Crippen molar-refractivity contribution in [2.24, 2.45) is 5.92 Å². The topological polar surface area (TPSA) is 93.0 Å². The van der Waals surface area contributed by atoms with Crippen LogP contribution >= 0.6 is 11.6 Å². The first-order valence-electron chi connectivity index (χ1n) is 13.8. The number of benzene rings is 1.